The maximum absolute atomic E-state index is 12.8. The van der Waals surface area contributed by atoms with Crippen LogP contribution in [0.2, 0.25) is 0 Å². The first kappa shape index (κ1) is 18.3. The summed E-state index contributed by atoms with van der Waals surface area (Å²) in [5, 5.41) is 2.90. The van der Waals surface area contributed by atoms with Gasteiger partial charge in [-0.25, -0.2) is 8.42 Å². The molecule has 1 amide bonds. The van der Waals surface area contributed by atoms with Crippen molar-refractivity contribution < 1.29 is 13.2 Å². The van der Waals surface area contributed by atoms with E-state index in [4.69, 9.17) is 0 Å². The van der Waals surface area contributed by atoms with Gasteiger partial charge in [0.1, 0.15) is 0 Å². The van der Waals surface area contributed by atoms with E-state index in [0.29, 0.717) is 29.9 Å². The second kappa shape index (κ2) is 7.48. The number of sulfonamides is 1. The lowest BCUT2D eigenvalue weighted by Crippen LogP contribution is -2.25. The normalized spacial score (nSPS) is 15.4. The van der Waals surface area contributed by atoms with Gasteiger partial charge in [0.15, 0.2) is 0 Å². The zero-order chi connectivity index (χ0) is 19.6. The van der Waals surface area contributed by atoms with Crippen molar-refractivity contribution in [3.05, 3.63) is 84.4 Å². The van der Waals surface area contributed by atoms with E-state index >= 15 is 0 Å². The highest BCUT2D eigenvalue weighted by Gasteiger charge is 2.28. The van der Waals surface area contributed by atoms with Gasteiger partial charge in [-0.1, -0.05) is 48.5 Å². The molecule has 0 atom stereocenters. The molecule has 0 aliphatic carbocycles. The molecule has 1 saturated heterocycles. The van der Waals surface area contributed by atoms with Crippen LogP contribution in [0.4, 0.5) is 11.4 Å². The molecular formula is C22H20N2O3S. The quantitative estimate of drug-likeness (QED) is 0.725. The fraction of sp³-hybridized carbons (Fsp3) is 0.136. The maximum atomic E-state index is 12.8. The summed E-state index contributed by atoms with van der Waals surface area (Å²) in [6.07, 6.45) is 0.636. The molecule has 0 bridgehead atoms. The van der Waals surface area contributed by atoms with Crippen LogP contribution in [0.15, 0.2) is 78.9 Å². The summed E-state index contributed by atoms with van der Waals surface area (Å²) in [5.74, 6) is -0.0251. The number of hydrogen-bond donors (Lipinski definition) is 1. The highest BCUT2D eigenvalue weighted by atomic mass is 32.2. The number of amides is 1. The lowest BCUT2D eigenvalue weighted by atomic mass is 9.99. The summed E-state index contributed by atoms with van der Waals surface area (Å²) in [5.41, 5.74) is 3.66. The molecule has 3 aromatic carbocycles. The van der Waals surface area contributed by atoms with Crippen LogP contribution in [-0.4, -0.2) is 26.6 Å². The zero-order valence-corrected chi connectivity index (χ0v) is 16.0. The predicted octanol–water partition coefficient (Wildman–Crippen LogP) is 4.15. The third-order valence-corrected chi connectivity index (χ3v) is 6.64. The van der Waals surface area contributed by atoms with E-state index in [-0.39, 0.29) is 11.7 Å². The standard InChI is InChI=1S/C22H20N2O3S/c25-22(21-10-5-4-9-20(21)17-7-2-1-3-8-17)23-18-11-13-19(14-12-18)24-15-6-16-28(24,26)27/h1-5,7-14H,6,15-16H2,(H,23,25). The molecule has 142 valence electrons. The minimum atomic E-state index is -3.21. The summed E-state index contributed by atoms with van der Waals surface area (Å²) in [6, 6.07) is 24.1. The van der Waals surface area contributed by atoms with Crippen molar-refractivity contribution in [3.8, 4) is 11.1 Å². The molecule has 0 radical (unpaired) electrons. The van der Waals surface area contributed by atoms with E-state index in [1.54, 1.807) is 30.3 Å². The summed E-state index contributed by atoms with van der Waals surface area (Å²) in [6.45, 7) is 0.499. The van der Waals surface area contributed by atoms with Crippen LogP contribution in [0.1, 0.15) is 16.8 Å². The highest BCUT2D eigenvalue weighted by molar-refractivity contribution is 7.93. The third-order valence-electron chi connectivity index (χ3n) is 4.77. The molecule has 4 rings (SSSR count). The average molecular weight is 392 g/mol. The molecule has 1 aliphatic heterocycles. The predicted molar refractivity (Wildman–Crippen MR) is 112 cm³/mol. The Hall–Kier alpha value is -3.12. The molecule has 28 heavy (non-hydrogen) atoms. The first-order valence-corrected chi connectivity index (χ1v) is 10.7. The lowest BCUT2D eigenvalue weighted by Gasteiger charge is -2.17. The largest absolute Gasteiger partial charge is 0.322 e. The van der Waals surface area contributed by atoms with Gasteiger partial charge in [0.05, 0.1) is 11.4 Å². The van der Waals surface area contributed by atoms with Crippen LogP contribution < -0.4 is 9.62 Å². The van der Waals surface area contributed by atoms with Gasteiger partial charge < -0.3 is 5.32 Å². The number of carbonyl (C=O) groups excluding carboxylic acids is 1. The van der Waals surface area contributed by atoms with E-state index < -0.39 is 10.0 Å². The minimum absolute atomic E-state index is 0.182. The van der Waals surface area contributed by atoms with Gasteiger partial charge >= 0.3 is 0 Å². The zero-order valence-electron chi connectivity index (χ0n) is 15.2. The number of carbonyl (C=O) groups is 1. The van der Waals surface area contributed by atoms with E-state index in [2.05, 4.69) is 5.32 Å². The molecule has 0 spiro atoms. The molecule has 3 aromatic rings. The Balaban J connectivity index is 1.55. The summed E-state index contributed by atoms with van der Waals surface area (Å²) >= 11 is 0. The van der Waals surface area contributed by atoms with Gasteiger partial charge in [0.25, 0.3) is 5.91 Å². The smallest absolute Gasteiger partial charge is 0.256 e. The van der Waals surface area contributed by atoms with E-state index in [0.717, 1.165) is 11.1 Å². The summed E-state index contributed by atoms with van der Waals surface area (Å²) in [7, 11) is -3.21. The van der Waals surface area contributed by atoms with E-state index in [1.807, 2.05) is 48.5 Å². The summed E-state index contributed by atoms with van der Waals surface area (Å²) < 4.78 is 25.5. The van der Waals surface area contributed by atoms with Crippen LogP contribution >= 0.6 is 0 Å². The molecule has 6 heteroatoms. The van der Waals surface area contributed by atoms with Crippen molar-refractivity contribution in [1.82, 2.24) is 0 Å². The van der Waals surface area contributed by atoms with E-state index in [9.17, 15) is 13.2 Å². The van der Waals surface area contributed by atoms with Gasteiger partial charge in [-0.15, -0.1) is 0 Å². The first-order valence-electron chi connectivity index (χ1n) is 9.11. The second-order valence-electron chi connectivity index (χ2n) is 6.65. The molecule has 1 N–H and O–H groups in total. The van der Waals surface area contributed by atoms with Crippen molar-refractivity contribution in [1.29, 1.82) is 0 Å². The Bertz CT molecular complexity index is 1090. The van der Waals surface area contributed by atoms with Gasteiger partial charge in [-0.3, -0.25) is 9.10 Å². The number of benzene rings is 3. The van der Waals surface area contributed by atoms with Crippen LogP contribution in [0.5, 0.6) is 0 Å². The SMILES string of the molecule is O=C(Nc1ccc(N2CCCS2(=O)=O)cc1)c1ccccc1-c1ccccc1. The molecule has 5 nitrogen and oxygen atoms in total. The van der Waals surface area contributed by atoms with Gasteiger partial charge in [-0.05, 0) is 47.9 Å². The molecule has 1 heterocycles. The second-order valence-corrected chi connectivity index (χ2v) is 8.67. The van der Waals surface area contributed by atoms with Crippen LogP contribution in [0, 0.1) is 0 Å². The first-order chi connectivity index (χ1) is 13.5. The molecule has 0 saturated carbocycles. The van der Waals surface area contributed by atoms with Gasteiger partial charge in [-0.2, -0.15) is 0 Å². The van der Waals surface area contributed by atoms with Crippen molar-refractivity contribution in [3.63, 3.8) is 0 Å². The molecule has 1 fully saturated rings. The van der Waals surface area contributed by atoms with Crippen molar-refractivity contribution >= 4 is 27.3 Å². The van der Waals surface area contributed by atoms with Gasteiger partial charge in [0, 0.05) is 17.8 Å². The topological polar surface area (TPSA) is 66.5 Å². The average Bonchev–Trinajstić information content (AvgIpc) is 3.08. The number of nitrogens with one attached hydrogen (secondary N) is 1. The van der Waals surface area contributed by atoms with Crippen LogP contribution in [0.3, 0.4) is 0 Å². The molecule has 0 aromatic heterocycles. The fourth-order valence-electron chi connectivity index (χ4n) is 3.39. The Morgan fingerprint density at radius 1 is 0.857 bits per heavy atom. The minimum Gasteiger partial charge on any atom is -0.322 e. The van der Waals surface area contributed by atoms with Crippen LogP contribution in [-0.2, 0) is 10.0 Å². The maximum Gasteiger partial charge on any atom is 0.256 e. The molecular weight excluding hydrogens is 372 g/mol. The number of anilines is 2. The number of nitrogens with zero attached hydrogens (tertiary/aromatic N) is 1. The molecule has 1 aliphatic rings. The van der Waals surface area contributed by atoms with Crippen molar-refractivity contribution in [2.24, 2.45) is 0 Å². The fourth-order valence-corrected chi connectivity index (χ4v) is 4.95. The van der Waals surface area contributed by atoms with E-state index in [1.165, 1.54) is 4.31 Å². The summed E-state index contributed by atoms with van der Waals surface area (Å²) in [4.78, 5) is 12.8. The van der Waals surface area contributed by atoms with Crippen molar-refractivity contribution in [2.45, 2.75) is 6.42 Å². The molecule has 0 unspecified atom stereocenters. The Kier molecular flexibility index (Phi) is 4.88. The third kappa shape index (κ3) is 3.64. The number of rotatable bonds is 4. The lowest BCUT2D eigenvalue weighted by molar-refractivity contribution is 0.102. The number of hydrogen-bond acceptors (Lipinski definition) is 3. The highest BCUT2D eigenvalue weighted by Crippen LogP contribution is 2.27. The Labute approximate surface area is 164 Å². The van der Waals surface area contributed by atoms with Crippen molar-refractivity contribution in [2.75, 3.05) is 21.9 Å². The monoisotopic (exact) mass is 392 g/mol. The Morgan fingerprint density at radius 2 is 1.54 bits per heavy atom. The van der Waals surface area contributed by atoms with Gasteiger partial charge in [0.2, 0.25) is 10.0 Å². The van der Waals surface area contributed by atoms with Crippen LogP contribution in [0.25, 0.3) is 11.1 Å². The Morgan fingerprint density at radius 3 is 2.21 bits per heavy atom.